The molecule has 1 aromatic rings. The van der Waals surface area contributed by atoms with Gasteiger partial charge in [0.15, 0.2) is 0 Å². The fourth-order valence-corrected chi connectivity index (χ4v) is 1.18. The average molecular weight is 198 g/mol. The average Bonchev–Trinajstić information content (AvgIpc) is 2.48. The largest absolute Gasteiger partial charge is 0.312 e. The Morgan fingerprint density at radius 1 is 1.71 bits per heavy atom. The Morgan fingerprint density at radius 3 is 2.86 bits per heavy atom. The van der Waals surface area contributed by atoms with Crippen molar-refractivity contribution < 1.29 is 4.39 Å². The molecule has 0 spiro atoms. The monoisotopic (exact) mass is 198 g/mol. The fraction of sp³-hybridized carbons (Fsp3) is 0.667. The summed E-state index contributed by atoms with van der Waals surface area (Å²) in [6.07, 6.45) is 2.66. The first-order valence-electron chi connectivity index (χ1n) is 4.51. The quantitative estimate of drug-likeness (QED) is 0.750. The SMILES string of the molecule is CC(C=N)c1ncnn1CC(C)(C)F. The van der Waals surface area contributed by atoms with Crippen LogP contribution in [0.25, 0.3) is 0 Å². The summed E-state index contributed by atoms with van der Waals surface area (Å²) in [4.78, 5) is 4.01. The summed E-state index contributed by atoms with van der Waals surface area (Å²) >= 11 is 0. The molecule has 0 aliphatic carbocycles. The van der Waals surface area contributed by atoms with Crippen molar-refractivity contribution in [2.45, 2.75) is 38.9 Å². The molecule has 0 amide bonds. The second-order valence-corrected chi connectivity index (χ2v) is 3.95. The molecule has 0 radical (unpaired) electrons. The summed E-state index contributed by atoms with van der Waals surface area (Å²) in [6, 6.07) is 0. The van der Waals surface area contributed by atoms with Crippen LogP contribution in [-0.4, -0.2) is 26.6 Å². The highest BCUT2D eigenvalue weighted by Crippen LogP contribution is 2.15. The lowest BCUT2D eigenvalue weighted by Crippen LogP contribution is -2.24. The van der Waals surface area contributed by atoms with Crippen LogP contribution in [0.1, 0.15) is 32.5 Å². The van der Waals surface area contributed by atoms with E-state index in [1.54, 1.807) is 0 Å². The van der Waals surface area contributed by atoms with E-state index >= 15 is 0 Å². The van der Waals surface area contributed by atoms with Crippen LogP contribution in [-0.2, 0) is 6.54 Å². The van der Waals surface area contributed by atoms with E-state index in [4.69, 9.17) is 5.41 Å². The van der Waals surface area contributed by atoms with Crippen molar-refractivity contribution in [3.05, 3.63) is 12.2 Å². The van der Waals surface area contributed by atoms with Crippen LogP contribution in [0, 0.1) is 5.41 Å². The van der Waals surface area contributed by atoms with Gasteiger partial charge in [-0.1, -0.05) is 6.92 Å². The van der Waals surface area contributed by atoms with Crippen LogP contribution >= 0.6 is 0 Å². The van der Waals surface area contributed by atoms with E-state index < -0.39 is 5.67 Å². The topological polar surface area (TPSA) is 54.6 Å². The second-order valence-electron chi connectivity index (χ2n) is 3.95. The first-order chi connectivity index (χ1) is 6.44. The van der Waals surface area contributed by atoms with Crippen LogP contribution in [0.4, 0.5) is 4.39 Å². The molecule has 1 rings (SSSR count). The van der Waals surface area contributed by atoms with E-state index in [-0.39, 0.29) is 12.5 Å². The third-order valence-corrected chi connectivity index (χ3v) is 1.83. The summed E-state index contributed by atoms with van der Waals surface area (Å²) in [7, 11) is 0. The minimum Gasteiger partial charge on any atom is -0.312 e. The van der Waals surface area contributed by atoms with Gasteiger partial charge in [0.25, 0.3) is 0 Å². The molecule has 0 saturated heterocycles. The Labute approximate surface area is 82.7 Å². The van der Waals surface area contributed by atoms with Crippen LogP contribution < -0.4 is 0 Å². The lowest BCUT2D eigenvalue weighted by molar-refractivity contribution is 0.177. The smallest absolute Gasteiger partial charge is 0.138 e. The van der Waals surface area contributed by atoms with Crippen molar-refractivity contribution in [3.63, 3.8) is 0 Å². The predicted octanol–water partition coefficient (Wildman–Crippen LogP) is 1.78. The Hall–Kier alpha value is -1.26. The highest BCUT2D eigenvalue weighted by atomic mass is 19.1. The summed E-state index contributed by atoms with van der Waals surface area (Å²) in [6.45, 7) is 4.99. The fourth-order valence-electron chi connectivity index (χ4n) is 1.18. The van der Waals surface area contributed by atoms with Gasteiger partial charge < -0.3 is 5.41 Å². The van der Waals surface area contributed by atoms with Gasteiger partial charge in [-0.2, -0.15) is 5.10 Å². The zero-order valence-electron chi connectivity index (χ0n) is 8.66. The van der Waals surface area contributed by atoms with Gasteiger partial charge >= 0.3 is 0 Å². The number of hydrogen-bond acceptors (Lipinski definition) is 3. The Bertz CT molecular complexity index is 313. The van der Waals surface area contributed by atoms with Crippen LogP contribution in [0.5, 0.6) is 0 Å². The molecule has 4 nitrogen and oxygen atoms in total. The molecular weight excluding hydrogens is 183 g/mol. The van der Waals surface area contributed by atoms with Crippen molar-refractivity contribution in [2.24, 2.45) is 0 Å². The number of aromatic nitrogens is 3. The van der Waals surface area contributed by atoms with Gasteiger partial charge in [0.2, 0.25) is 0 Å². The number of nitrogens with one attached hydrogen (secondary N) is 1. The molecule has 0 bridgehead atoms. The van der Waals surface area contributed by atoms with Gasteiger partial charge in [-0.3, -0.25) is 0 Å². The van der Waals surface area contributed by atoms with Crippen molar-refractivity contribution in [3.8, 4) is 0 Å². The number of hydrogen-bond donors (Lipinski definition) is 1. The molecule has 0 fully saturated rings. The van der Waals surface area contributed by atoms with Crippen LogP contribution in [0.2, 0.25) is 0 Å². The molecule has 1 N–H and O–H groups in total. The van der Waals surface area contributed by atoms with Gasteiger partial charge in [-0.25, -0.2) is 14.1 Å². The highest BCUT2D eigenvalue weighted by Gasteiger charge is 2.20. The van der Waals surface area contributed by atoms with Crippen LogP contribution in [0.3, 0.4) is 0 Å². The Balaban J connectivity index is 2.88. The third-order valence-electron chi connectivity index (χ3n) is 1.83. The molecule has 1 heterocycles. The standard InChI is InChI=1S/C9H15FN4/c1-7(4-11)8-12-6-13-14(8)5-9(2,3)10/h4,6-7,11H,5H2,1-3H3. The molecule has 0 aromatic carbocycles. The second kappa shape index (κ2) is 3.86. The highest BCUT2D eigenvalue weighted by molar-refractivity contribution is 5.61. The van der Waals surface area contributed by atoms with Crippen molar-refractivity contribution in [1.29, 1.82) is 5.41 Å². The van der Waals surface area contributed by atoms with Gasteiger partial charge in [0.1, 0.15) is 17.8 Å². The zero-order valence-corrected chi connectivity index (χ0v) is 8.66. The summed E-state index contributed by atoms with van der Waals surface area (Å²) < 4.78 is 14.9. The van der Waals surface area contributed by atoms with Gasteiger partial charge in [0.05, 0.1) is 12.5 Å². The molecule has 0 saturated carbocycles. The zero-order chi connectivity index (χ0) is 10.8. The number of halogens is 1. The third kappa shape index (κ3) is 2.61. The van der Waals surface area contributed by atoms with E-state index in [2.05, 4.69) is 10.1 Å². The van der Waals surface area contributed by atoms with Crippen LogP contribution in [0.15, 0.2) is 6.33 Å². The van der Waals surface area contributed by atoms with Gasteiger partial charge in [0, 0.05) is 6.21 Å². The van der Waals surface area contributed by atoms with E-state index in [0.717, 1.165) is 0 Å². The molecule has 1 aromatic heterocycles. The number of alkyl halides is 1. The van der Waals surface area contributed by atoms with Gasteiger partial charge in [-0.15, -0.1) is 0 Å². The Morgan fingerprint density at radius 2 is 2.36 bits per heavy atom. The molecule has 78 valence electrons. The predicted molar refractivity (Wildman–Crippen MR) is 52.4 cm³/mol. The van der Waals surface area contributed by atoms with E-state index in [0.29, 0.717) is 5.82 Å². The van der Waals surface area contributed by atoms with E-state index in [1.807, 2.05) is 6.92 Å². The lowest BCUT2D eigenvalue weighted by Gasteiger charge is -2.16. The summed E-state index contributed by atoms with van der Waals surface area (Å²) in [5.74, 6) is 0.505. The molecule has 0 aliphatic heterocycles. The minimum atomic E-state index is -1.32. The Kier molecular flexibility index (Phi) is 2.98. The van der Waals surface area contributed by atoms with E-state index in [1.165, 1.54) is 31.1 Å². The molecular formula is C9H15FN4. The summed E-state index contributed by atoms with van der Waals surface area (Å²) in [5.41, 5.74) is -1.32. The number of rotatable bonds is 4. The first-order valence-corrected chi connectivity index (χ1v) is 4.51. The molecule has 0 aliphatic rings. The van der Waals surface area contributed by atoms with E-state index in [9.17, 15) is 4.39 Å². The maximum atomic E-state index is 13.4. The molecule has 1 unspecified atom stereocenters. The van der Waals surface area contributed by atoms with Crippen molar-refractivity contribution in [2.75, 3.05) is 0 Å². The molecule has 14 heavy (non-hydrogen) atoms. The summed E-state index contributed by atoms with van der Waals surface area (Å²) in [5, 5.41) is 11.0. The minimum absolute atomic E-state index is 0.125. The first kappa shape index (κ1) is 10.8. The molecule has 5 heteroatoms. The number of nitrogens with zero attached hydrogens (tertiary/aromatic N) is 3. The van der Waals surface area contributed by atoms with Gasteiger partial charge in [-0.05, 0) is 13.8 Å². The molecule has 1 atom stereocenters. The van der Waals surface area contributed by atoms with Crippen molar-refractivity contribution in [1.82, 2.24) is 14.8 Å². The maximum absolute atomic E-state index is 13.4. The lowest BCUT2D eigenvalue weighted by atomic mass is 10.1. The maximum Gasteiger partial charge on any atom is 0.138 e. The van der Waals surface area contributed by atoms with Crippen molar-refractivity contribution >= 4 is 6.21 Å². The normalized spacial score (nSPS) is 14.0.